The zero-order valence-corrected chi connectivity index (χ0v) is 12.0. The standard InChI is InChI=1S/C19H15NO2/c1-2-3-15-8-11-18(12-9-15)22-19(21)13-10-16-4-6-17(14-20)7-5-16/h2,4-13H,1,3H2/b13-10+. The molecule has 2 aromatic carbocycles. The van der Waals surface area contributed by atoms with Crippen LogP contribution in [0.3, 0.4) is 0 Å². The predicted octanol–water partition coefficient (Wildman–Crippen LogP) is 3.91. The molecule has 2 rings (SSSR count). The number of benzene rings is 2. The van der Waals surface area contributed by atoms with E-state index in [0.717, 1.165) is 17.5 Å². The molecular weight excluding hydrogens is 274 g/mol. The van der Waals surface area contributed by atoms with Crippen LogP contribution in [0.2, 0.25) is 0 Å². The molecule has 0 aliphatic carbocycles. The number of hydrogen-bond donors (Lipinski definition) is 0. The second-order valence-corrected chi connectivity index (χ2v) is 4.62. The first kappa shape index (κ1) is 15.3. The number of nitrogens with zero attached hydrogens (tertiary/aromatic N) is 1. The van der Waals surface area contributed by atoms with Crippen LogP contribution < -0.4 is 4.74 Å². The topological polar surface area (TPSA) is 50.1 Å². The number of ether oxygens (including phenoxy) is 1. The van der Waals surface area contributed by atoms with Gasteiger partial charge in [-0.2, -0.15) is 5.26 Å². The van der Waals surface area contributed by atoms with E-state index in [1.165, 1.54) is 6.08 Å². The highest BCUT2D eigenvalue weighted by Gasteiger charge is 2.00. The summed E-state index contributed by atoms with van der Waals surface area (Å²) in [4.78, 5) is 11.7. The van der Waals surface area contributed by atoms with Crippen LogP contribution >= 0.6 is 0 Å². The number of carbonyl (C=O) groups excluding carboxylic acids is 1. The minimum atomic E-state index is -0.444. The molecule has 0 aliphatic heterocycles. The summed E-state index contributed by atoms with van der Waals surface area (Å²) in [5.74, 6) is 0.0584. The first-order valence-corrected chi connectivity index (χ1v) is 6.81. The van der Waals surface area contributed by atoms with Gasteiger partial charge in [-0.3, -0.25) is 0 Å². The molecule has 2 aromatic rings. The fraction of sp³-hybridized carbons (Fsp3) is 0.0526. The summed E-state index contributed by atoms with van der Waals surface area (Å²) in [7, 11) is 0. The maximum absolute atomic E-state index is 11.7. The van der Waals surface area contributed by atoms with Crippen LogP contribution in [-0.4, -0.2) is 5.97 Å². The summed E-state index contributed by atoms with van der Waals surface area (Å²) in [5, 5.41) is 8.72. The molecule has 0 saturated heterocycles. The van der Waals surface area contributed by atoms with Crippen molar-refractivity contribution >= 4 is 12.0 Å². The van der Waals surface area contributed by atoms with E-state index < -0.39 is 5.97 Å². The van der Waals surface area contributed by atoms with Crippen molar-refractivity contribution in [2.75, 3.05) is 0 Å². The van der Waals surface area contributed by atoms with Gasteiger partial charge in [0, 0.05) is 6.08 Å². The van der Waals surface area contributed by atoms with E-state index >= 15 is 0 Å². The number of hydrogen-bond acceptors (Lipinski definition) is 3. The zero-order valence-electron chi connectivity index (χ0n) is 12.0. The lowest BCUT2D eigenvalue weighted by Gasteiger charge is -2.02. The third kappa shape index (κ3) is 4.46. The van der Waals surface area contributed by atoms with Gasteiger partial charge in [-0.05, 0) is 47.9 Å². The number of allylic oxidation sites excluding steroid dienone is 1. The minimum absolute atomic E-state index is 0.444. The average molecular weight is 289 g/mol. The molecule has 108 valence electrons. The van der Waals surface area contributed by atoms with Crippen LogP contribution in [0, 0.1) is 11.3 Å². The average Bonchev–Trinajstić information content (AvgIpc) is 2.55. The Balaban J connectivity index is 1.95. The van der Waals surface area contributed by atoms with E-state index in [2.05, 4.69) is 6.58 Å². The van der Waals surface area contributed by atoms with Crippen molar-refractivity contribution in [3.63, 3.8) is 0 Å². The zero-order chi connectivity index (χ0) is 15.8. The SMILES string of the molecule is C=CCc1ccc(OC(=O)/C=C/c2ccc(C#N)cc2)cc1. The second-order valence-electron chi connectivity index (χ2n) is 4.62. The Morgan fingerprint density at radius 2 is 1.82 bits per heavy atom. The van der Waals surface area contributed by atoms with E-state index in [9.17, 15) is 4.79 Å². The fourth-order valence-electron chi connectivity index (χ4n) is 1.84. The summed E-state index contributed by atoms with van der Waals surface area (Å²) in [6.07, 6.45) is 5.61. The fourth-order valence-corrected chi connectivity index (χ4v) is 1.84. The van der Waals surface area contributed by atoms with E-state index in [1.807, 2.05) is 24.3 Å². The second kappa shape index (κ2) is 7.61. The van der Waals surface area contributed by atoms with Gasteiger partial charge >= 0.3 is 5.97 Å². The van der Waals surface area contributed by atoms with Crippen LogP contribution in [0.5, 0.6) is 5.75 Å². The summed E-state index contributed by atoms with van der Waals surface area (Å²) in [5.41, 5.74) is 2.53. The third-order valence-corrected chi connectivity index (χ3v) is 2.97. The Hall–Kier alpha value is -3.12. The molecule has 0 N–H and O–H groups in total. The molecule has 0 aromatic heterocycles. The van der Waals surface area contributed by atoms with Crippen LogP contribution in [-0.2, 0) is 11.2 Å². The Morgan fingerprint density at radius 3 is 2.41 bits per heavy atom. The maximum Gasteiger partial charge on any atom is 0.336 e. The Kier molecular flexibility index (Phi) is 5.28. The molecule has 0 spiro atoms. The van der Waals surface area contributed by atoms with Gasteiger partial charge in [-0.1, -0.05) is 30.3 Å². The van der Waals surface area contributed by atoms with Crippen molar-refractivity contribution in [1.82, 2.24) is 0 Å². The maximum atomic E-state index is 11.7. The number of carbonyl (C=O) groups is 1. The van der Waals surface area contributed by atoms with Crippen LogP contribution in [0.4, 0.5) is 0 Å². The summed E-state index contributed by atoms with van der Waals surface area (Å²) in [6.45, 7) is 3.68. The molecule has 0 aliphatic rings. The van der Waals surface area contributed by atoms with Gasteiger partial charge in [-0.15, -0.1) is 6.58 Å². The quantitative estimate of drug-likeness (QED) is 0.363. The van der Waals surface area contributed by atoms with Gasteiger partial charge < -0.3 is 4.74 Å². The molecule has 3 heteroatoms. The summed E-state index contributed by atoms with van der Waals surface area (Å²) >= 11 is 0. The van der Waals surface area contributed by atoms with Crippen LogP contribution in [0.25, 0.3) is 6.08 Å². The van der Waals surface area contributed by atoms with Crippen LogP contribution in [0.15, 0.2) is 67.3 Å². The smallest absolute Gasteiger partial charge is 0.336 e. The monoisotopic (exact) mass is 289 g/mol. The van der Waals surface area contributed by atoms with E-state index in [1.54, 1.807) is 42.5 Å². The van der Waals surface area contributed by atoms with Gasteiger partial charge in [0.15, 0.2) is 0 Å². The van der Waals surface area contributed by atoms with Gasteiger partial charge in [0.1, 0.15) is 5.75 Å². The Morgan fingerprint density at radius 1 is 1.14 bits per heavy atom. The normalized spacial score (nSPS) is 10.1. The van der Waals surface area contributed by atoms with E-state index in [0.29, 0.717) is 11.3 Å². The molecule has 0 heterocycles. The van der Waals surface area contributed by atoms with E-state index in [-0.39, 0.29) is 0 Å². The molecule has 0 unspecified atom stereocenters. The first-order valence-electron chi connectivity index (χ1n) is 6.81. The molecule has 0 bridgehead atoms. The van der Waals surface area contributed by atoms with Crippen molar-refractivity contribution < 1.29 is 9.53 Å². The highest BCUT2D eigenvalue weighted by Crippen LogP contribution is 2.13. The summed E-state index contributed by atoms with van der Waals surface area (Å²) < 4.78 is 5.21. The molecule has 0 fully saturated rings. The van der Waals surface area contributed by atoms with E-state index in [4.69, 9.17) is 10.00 Å². The lowest BCUT2D eigenvalue weighted by Crippen LogP contribution is -2.03. The molecule has 0 atom stereocenters. The van der Waals surface area contributed by atoms with Crippen molar-refractivity contribution in [3.05, 3.63) is 84.0 Å². The van der Waals surface area contributed by atoms with Crippen molar-refractivity contribution in [3.8, 4) is 11.8 Å². The molecule has 22 heavy (non-hydrogen) atoms. The van der Waals surface area contributed by atoms with Gasteiger partial charge in [0.25, 0.3) is 0 Å². The Bertz CT molecular complexity index is 720. The van der Waals surface area contributed by atoms with Gasteiger partial charge in [0.05, 0.1) is 11.6 Å². The largest absolute Gasteiger partial charge is 0.423 e. The third-order valence-electron chi connectivity index (χ3n) is 2.97. The van der Waals surface area contributed by atoms with Crippen LogP contribution in [0.1, 0.15) is 16.7 Å². The summed E-state index contributed by atoms with van der Waals surface area (Å²) in [6, 6.07) is 16.3. The lowest BCUT2D eigenvalue weighted by molar-refractivity contribution is -0.128. The molecule has 3 nitrogen and oxygen atoms in total. The first-order chi connectivity index (χ1) is 10.7. The number of rotatable bonds is 5. The lowest BCUT2D eigenvalue weighted by atomic mass is 10.1. The van der Waals surface area contributed by atoms with Crippen molar-refractivity contribution in [2.24, 2.45) is 0 Å². The van der Waals surface area contributed by atoms with Crippen molar-refractivity contribution in [1.29, 1.82) is 5.26 Å². The highest BCUT2D eigenvalue weighted by atomic mass is 16.5. The molecule has 0 saturated carbocycles. The van der Waals surface area contributed by atoms with Gasteiger partial charge in [0.2, 0.25) is 0 Å². The predicted molar refractivity (Wildman–Crippen MR) is 86.2 cm³/mol. The molecular formula is C19H15NO2. The molecule has 0 radical (unpaired) electrons. The van der Waals surface area contributed by atoms with Gasteiger partial charge in [-0.25, -0.2) is 4.79 Å². The number of nitriles is 1. The number of esters is 1. The molecule has 0 amide bonds. The minimum Gasteiger partial charge on any atom is -0.423 e. The highest BCUT2D eigenvalue weighted by molar-refractivity contribution is 5.88. The Labute approximate surface area is 129 Å². The van der Waals surface area contributed by atoms with Crippen molar-refractivity contribution in [2.45, 2.75) is 6.42 Å².